The van der Waals surface area contributed by atoms with Crippen LogP contribution in [0.3, 0.4) is 0 Å². The van der Waals surface area contributed by atoms with Crippen LogP contribution in [0, 0.1) is 5.82 Å². The quantitative estimate of drug-likeness (QED) is 0.277. The number of amides is 1. The summed E-state index contributed by atoms with van der Waals surface area (Å²) in [6, 6.07) is 17.9. The predicted octanol–water partition coefficient (Wildman–Crippen LogP) is 2.95. The van der Waals surface area contributed by atoms with Crippen LogP contribution in [-0.4, -0.2) is 47.2 Å². The molecule has 7 nitrogen and oxygen atoms in total. The molecular formula is C22H26FIN6O. The Morgan fingerprint density at radius 2 is 1.77 bits per heavy atom. The maximum atomic E-state index is 13.1. The summed E-state index contributed by atoms with van der Waals surface area (Å²) in [5, 5.41) is 10.8. The fourth-order valence-electron chi connectivity index (χ4n) is 2.61. The molecular weight excluding hydrogens is 510 g/mol. The lowest BCUT2D eigenvalue weighted by molar-refractivity contribution is -0.127. The van der Waals surface area contributed by atoms with Crippen molar-refractivity contribution in [3.8, 4) is 5.69 Å². The first kappa shape index (κ1) is 24.3. The Balaban J connectivity index is 0.00000341. The summed E-state index contributed by atoms with van der Waals surface area (Å²) < 4.78 is 14.8. The van der Waals surface area contributed by atoms with Crippen LogP contribution in [0.5, 0.6) is 0 Å². The zero-order chi connectivity index (χ0) is 21.3. The van der Waals surface area contributed by atoms with E-state index in [0.717, 1.165) is 16.9 Å². The smallest absolute Gasteiger partial charge is 0.241 e. The summed E-state index contributed by atoms with van der Waals surface area (Å²) in [4.78, 5) is 18.0. The van der Waals surface area contributed by atoms with Crippen LogP contribution in [0.4, 0.5) is 4.39 Å². The highest BCUT2D eigenvalue weighted by Gasteiger charge is 2.07. The minimum atomic E-state index is -0.287. The van der Waals surface area contributed by atoms with Crippen molar-refractivity contribution in [2.45, 2.75) is 13.1 Å². The largest absolute Gasteiger partial charge is 0.351 e. The van der Waals surface area contributed by atoms with Crippen LogP contribution in [-0.2, 0) is 17.9 Å². The van der Waals surface area contributed by atoms with Crippen molar-refractivity contribution in [3.05, 3.63) is 83.9 Å². The van der Waals surface area contributed by atoms with E-state index >= 15 is 0 Å². The minimum absolute atomic E-state index is 0. The third-order valence-electron chi connectivity index (χ3n) is 4.34. The van der Waals surface area contributed by atoms with Gasteiger partial charge in [0.15, 0.2) is 5.96 Å². The third-order valence-corrected chi connectivity index (χ3v) is 4.34. The van der Waals surface area contributed by atoms with Gasteiger partial charge in [-0.15, -0.1) is 24.0 Å². The summed E-state index contributed by atoms with van der Waals surface area (Å²) in [6.07, 6.45) is 1.81. The van der Waals surface area contributed by atoms with Gasteiger partial charge >= 0.3 is 0 Å². The molecule has 0 saturated carbocycles. The zero-order valence-electron chi connectivity index (χ0n) is 17.5. The fraction of sp³-hybridized carbons (Fsp3) is 0.227. The van der Waals surface area contributed by atoms with E-state index in [1.165, 1.54) is 17.0 Å². The van der Waals surface area contributed by atoms with E-state index in [2.05, 4.69) is 20.7 Å². The Kier molecular flexibility index (Phi) is 9.44. The summed E-state index contributed by atoms with van der Waals surface area (Å²) in [7, 11) is 3.42. The molecule has 0 bridgehead atoms. The van der Waals surface area contributed by atoms with Gasteiger partial charge in [-0.25, -0.2) is 14.1 Å². The monoisotopic (exact) mass is 536 g/mol. The van der Waals surface area contributed by atoms with Gasteiger partial charge in [0.2, 0.25) is 5.91 Å². The molecule has 1 aromatic heterocycles. The normalized spacial score (nSPS) is 10.9. The number of benzene rings is 2. The molecule has 3 aromatic rings. The van der Waals surface area contributed by atoms with E-state index in [1.54, 1.807) is 30.9 Å². The van der Waals surface area contributed by atoms with E-state index in [0.29, 0.717) is 19.0 Å². The van der Waals surface area contributed by atoms with Gasteiger partial charge in [-0.2, -0.15) is 5.10 Å². The highest BCUT2D eigenvalue weighted by atomic mass is 127. The fourth-order valence-corrected chi connectivity index (χ4v) is 2.61. The van der Waals surface area contributed by atoms with Crippen molar-refractivity contribution >= 4 is 35.8 Å². The molecule has 0 saturated heterocycles. The van der Waals surface area contributed by atoms with Gasteiger partial charge in [0.05, 0.1) is 31.0 Å². The molecule has 1 heterocycles. The summed E-state index contributed by atoms with van der Waals surface area (Å²) in [5.74, 6) is 0.181. The van der Waals surface area contributed by atoms with E-state index in [9.17, 15) is 9.18 Å². The third kappa shape index (κ3) is 7.67. The number of guanidine groups is 1. The highest BCUT2D eigenvalue weighted by Crippen LogP contribution is 2.09. The van der Waals surface area contributed by atoms with Gasteiger partial charge in [0.25, 0.3) is 0 Å². The molecule has 2 aromatic carbocycles. The molecule has 3 rings (SSSR count). The first-order valence-corrected chi connectivity index (χ1v) is 9.58. The molecule has 9 heteroatoms. The number of nitrogens with one attached hydrogen (secondary N) is 2. The Morgan fingerprint density at radius 3 is 2.45 bits per heavy atom. The summed E-state index contributed by atoms with van der Waals surface area (Å²) in [6.45, 7) is 1.04. The van der Waals surface area contributed by atoms with Crippen molar-refractivity contribution in [2.75, 3.05) is 20.6 Å². The zero-order valence-corrected chi connectivity index (χ0v) is 19.8. The molecule has 2 N–H and O–H groups in total. The molecule has 0 aliphatic carbocycles. The lowest BCUT2D eigenvalue weighted by atomic mass is 10.2. The lowest BCUT2D eigenvalue weighted by Crippen LogP contribution is -2.42. The Hall–Kier alpha value is -2.95. The number of hydrogen-bond acceptors (Lipinski definition) is 3. The average Bonchev–Trinajstić information content (AvgIpc) is 3.23. The molecule has 164 valence electrons. The standard InChI is InChI=1S/C22H25FN6O.HI/c1-28(2)21(30)16-26-22(24-14-17-6-4-3-5-7-17)25-15-19-12-13-29(27-19)20-10-8-18(23)9-11-20;/h3-13H,14-16H2,1-2H3,(H2,24,25,26);1H. The van der Waals surface area contributed by atoms with Crippen molar-refractivity contribution in [1.29, 1.82) is 0 Å². The summed E-state index contributed by atoms with van der Waals surface area (Å²) in [5.41, 5.74) is 2.63. The van der Waals surface area contributed by atoms with Crippen molar-refractivity contribution in [1.82, 2.24) is 25.3 Å². The number of carbonyl (C=O) groups is 1. The first-order chi connectivity index (χ1) is 14.5. The number of nitrogens with zero attached hydrogens (tertiary/aromatic N) is 4. The van der Waals surface area contributed by atoms with Crippen LogP contribution in [0.15, 0.2) is 71.9 Å². The SMILES string of the molecule is CN(C)C(=O)CNC(=NCc1ccccc1)NCc1ccn(-c2ccc(F)cc2)n1.I. The second-order valence-electron chi connectivity index (χ2n) is 6.87. The van der Waals surface area contributed by atoms with E-state index < -0.39 is 0 Å². The minimum Gasteiger partial charge on any atom is -0.351 e. The molecule has 31 heavy (non-hydrogen) atoms. The molecule has 0 fully saturated rings. The van der Waals surface area contributed by atoms with Gasteiger partial charge in [-0.1, -0.05) is 30.3 Å². The maximum Gasteiger partial charge on any atom is 0.241 e. The number of halogens is 2. The van der Waals surface area contributed by atoms with Crippen LogP contribution >= 0.6 is 24.0 Å². The predicted molar refractivity (Wildman–Crippen MR) is 130 cm³/mol. The topological polar surface area (TPSA) is 74.6 Å². The number of carbonyl (C=O) groups excluding carboxylic acids is 1. The van der Waals surface area contributed by atoms with Gasteiger partial charge in [-0.05, 0) is 35.9 Å². The first-order valence-electron chi connectivity index (χ1n) is 9.58. The molecule has 0 aliphatic rings. The van der Waals surface area contributed by atoms with Crippen LogP contribution in [0.25, 0.3) is 5.69 Å². The van der Waals surface area contributed by atoms with E-state index in [4.69, 9.17) is 0 Å². The number of rotatable bonds is 7. The van der Waals surface area contributed by atoms with Crippen molar-refractivity contribution in [2.24, 2.45) is 4.99 Å². The van der Waals surface area contributed by atoms with Gasteiger partial charge < -0.3 is 15.5 Å². The number of aliphatic imine (C=N–C) groups is 1. The molecule has 0 unspecified atom stereocenters. The van der Waals surface area contributed by atoms with Gasteiger partial charge in [-0.3, -0.25) is 4.79 Å². The van der Waals surface area contributed by atoms with E-state index in [1.807, 2.05) is 42.6 Å². The number of aromatic nitrogens is 2. The van der Waals surface area contributed by atoms with Gasteiger partial charge in [0, 0.05) is 20.3 Å². The van der Waals surface area contributed by atoms with Crippen molar-refractivity contribution < 1.29 is 9.18 Å². The lowest BCUT2D eigenvalue weighted by Gasteiger charge is -2.14. The van der Waals surface area contributed by atoms with Crippen LogP contribution < -0.4 is 10.6 Å². The van der Waals surface area contributed by atoms with Crippen LogP contribution in [0.1, 0.15) is 11.3 Å². The molecule has 0 aliphatic heterocycles. The number of likely N-dealkylation sites (N-methyl/N-ethyl adjacent to an activating group) is 1. The summed E-state index contributed by atoms with van der Waals surface area (Å²) >= 11 is 0. The van der Waals surface area contributed by atoms with E-state index in [-0.39, 0.29) is 42.2 Å². The Labute approximate surface area is 198 Å². The Bertz CT molecular complexity index is 989. The molecule has 1 amide bonds. The van der Waals surface area contributed by atoms with Gasteiger partial charge in [0.1, 0.15) is 5.82 Å². The maximum absolute atomic E-state index is 13.1. The molecule has 0 atom stereocenters. The van der Waals surface area contributed by atoms with Crippen molar-refractivity contribution in [3.63, 3.8) is 0 Å². The molecule has 0 radical (unpaired) electrons. The average molecular weight is 536 g/mol. The van der Waals surface area contributed by atoms with Crippen LogP contribution in [0.2, 0.25) is 0 Å². The number of hydrogen-bond donors (Lipinski definition) is 2. The highest BCUT2D eigenvalue weighted by molar-refractivity contribution is 14.0. The second-order valence-corrected chi connectivity index (χ2v) is 6.87. The Morgan fingerprint density at radius 1 is 1.06 bits per heavy atom. The second kappa shape index (κ2) is 12.0. The molecule has 0 spiro atoms.